The molecule has 0 aliphatic carbocycles. The van der Waals surface area contributed by atoms with Gasteiger partial charge in [0.1, 0.15) is 5.56 Å². The summed E-state index contributed by atoms with van der Waals surface area (Å²) in [5, 5.41) is 4.29. The molecule has 1 amide bonds. The Balaban J connectivity index is 1.83. The third-order valence-electron chi connectivity index (χ3n) is 5.47. The lowest BCUT2D eigenvalue weighted by atomic mass is 10.1. The van der Waals surface area contributed by atoms with Gasteiger partial charge in [0.05, 0.1) is 37.2 Å². The molecule has 3 aromatic rings. The van der Waals surface area contributed by atoms with Crippen LogP contribution in [0.2, 0.25) is 0 Å². The molecule has 2 aromatic carbocycles. The number of aromatic nitrogens is 2. The molecule has 3 rings (SSSR count). The second-order valence-electron chi connectivity index (χ2n) is 7.92. The van der Waals surface area contributed by atoms with Crippen molar-refractivity contribution in [3.05, 3.63) is 83.2 Å². The normalized spacial score (nSPS) is 11.5. The second-order valence-corrected chi connectivity index (χ2v) is 7.92. The number of rotatable bonds is 9. The van der Waals surface area contributed by atoms with Gasteiger partial charge in [-0.05, 0) is 43.7 Å². The molecule has 1 atom stereocenters. The van der Waals surface area contributed by atoms with Crippen LogP contribution in [-0.2, 0) is 20.8 Å². The van der Waals surface area contributed by atoms with Gasteiger partial charge in [0.25, 0.3) is 5.91 Å². The molecule has 0 saturated carbocycles. The molecule has 178 valence electrons. The van der Waals surface area contributed by atoms with Gasteiger partial charge in [-0.15, -0.1) is 0 Å². The van der Waals surface area contributed by atoms with Crippen molar-refractivity contribution in [1.29, 1.82) is 0 Å². The van der Waals surface area contributed by atoms with E-state index in [1.54, 1.807) is 54.6 Å². The maximum absolute atomic E-state index is 13.4. The lowest BCUT2D eigenvalue weighted by Crippen LogP contribution is -2.36. The molecule has 0 fully saturated rings. The van der Waals surface area contributed by atoms with Crippen LogP contribution in [0.25, 0.3) is 5.69 Å². The van der Waals surface area contributed by atoms with Crippen molar-refractivity contribution in [2.75, 3.05) is 20.3 Å². The maximum atomic E-state index is 13.4. The van der Waals surface area contributed by atoms with Gasteiger partial charge in [0.2, 0.25) is 0 Å². The minimum atomic E-state index is -0.468. The zero-order valence-electron chi connectivity index (χ0n) is 19.9. The Labute approximate surface area is 199 Å². The van der Waals surface area contributed by atoms with E-state index in [-0.39, 0.29) is 25.0 Å². The molecule has 8 heteroatoms. The van der Waals surface area contributed by atoms with Gasteiger partial charge in [-0.1, -0.05) is 37.3 Å². The highest BCUT2D eigenvalue weighted by atomic mass is 16.5. The Bertz CT molecular complexity index is 1140. The first kappa shape index (κ1) is 24.7. The van der Waals surface area contributed by atoms with E-state index in [9.17, 15) is 14.4 Å². The number of hydrogen-bond donors (Lipinski definition) is 0. The van der Waals surface area contributed by atoms with Crippen LogP contribution >= 0.6 is 0 Å². The molecule has 0 spiro atoms. The third-order valence-corrected chi connectivity index (χ3v) is 5.47. The summed E-state index contributed by atoms with van der Waals surface area (Å²) < 4.78 is 11.5. The van der Waals surface area contributed by atoms with Gasteiger partial charge in [-0.3, -0.25) is 9.59 Å². The van der Waals surface area contributed by atoms with Crippen LogP contribution in [0.1, 0.15) is 45.8 Å². The van der Waals surface area contributed by atoms with Gasteiger partial charge in [-0.25, -0.2) is 9.48 Å². The fourth-order valence-electron chi connectivity index (χ4n) is 3.64. The SMILES string of the molecule is CCOC(=O)c1cnn(-c2ccc(C(=O)N(Cc3ccccc3)C[C@@H](C)C(=O)OC)cc2)c1C. The van der Waals surface area contributed by atoms with Gasteiger partial charge in [-0.2, -0.15) is 5.10 Å². The van der Waals surface area contributed by atoms with E-state index in [2.05, 4.69) is 5.10 Å². The van der Waals surface area contributed by atoms with Crippen molar-refractivity contribution in [1.82, 2.24) is 14.7 Å². The lowest BCUT2D eigenvalue weighted by Gasteiger charge is -2.25. The summed E-state index contributed by atoms with van der Waals surface area (Å²) in [6, 6.07) is 16.6. The molecule has 0 N–H and O–H groups in total. The highest BCUT2D eigenvalue weighted by Gasteiger charge is 2.23. The first-order valence-electron chi connectivity index (χ1n) is 11.1. The van der Waals surface area contributed by atoms with Crippen LogP contribution in [0.15, 0.2) is 60.8 Å². The van der Waals surface area contributed by atoms with Crippen LogP contribution in [-0.4, -0.2) is 52.8 Å². The Kier molecular flexibility index (Phi) is 8.19. The molecular weight excluding hydrogens is 434 g/mol. The summed E-state index contributed by atoms with van der Waals surface area (Å²) >= 11 is 0. The molecule has 1 aromatic heterocycles. The van der Waals surface area contributed by atoms with Crippen molar-refractivity contribution in [2.24, 2.45) is 5.92 Å². The summed E-state index contributed by atoms with van der Waals surface area (Å²) in [6.07, 6.45) is 1.47. The number of methoxy groups -OCH3 is 1. The summed E-state index contributed by atoms with van der Waals surface area (Å²) in [6.45, 7) is 6.15. The summed E-state index contributed by atoms with van der Waals surface area (Å²) in [5.74, 6) is -1.46. The second kappa shape index (κ2) is 11.3. The van der Waals surface area contributed by atoms with Gasteiger partial charge < -0.3 is 14.4 Å². The smallest absolute Gasteiger partial charge is 0.341 e. The summed E-state index contributed by atoms with van der Waals surface area (Å²) in [4.78, 5) is 39.1. The van der Waals surface area contributed by atoms with Crippen molar-refractivity contribution in [2.45, 2.75) is 27.3 Å². The van der Waals surface area contributed by atoms with Crippen molar-refractivity contribution in [3.8, 4) is 5.69 Å². The van der Waals surface area contributed by atoms with Crippen LogP contribution in [0, 0.1) is 12.8 Å². The zero-order chi connectivity index (χ0) is 24.7. The van der Waals surface area contributed by atoms with Crippen LogP contribution in [0.4, 0.5) is 0 Å². The molecule has 1 heterocycles. The van der Waals surface area contributed by atoms with Crippen molar-refractivity contribution >= 4 is 17.8 Å². The molecule has 0 unspecified atom stereocenters. The van der Waals surface area contributed by atoms with E-state index in [1.807, 2.05) is 30.3 Å². The number of carbonyl (C=O) groups excluding carboxylic acids is 3. The van der Waals surface area contributed by atoms with E-state index < -0.39 is 11.9 Å². The van der Waals surface area contributed by atoms with E-state index in [0.717, 1.165) is 5.56 Å². The number of ether oxygens (including phenoxy) is 2. The topological polar surface area (TPSA) is 90.7 Å². The number of carbonyl (C=O) groups is 3. The van der Waals surface area contributed by atoms with E-state index in [0.29, 0.717) is 29.1 Å². The molecular formula is C26H29N3O5. The number of esters is 2. The minimum Gasteiger partial charge on any atom is -0.469 e. The monoisotopic (exact) mass is 463 g/mol. The summed E-state index contributed by atoms with van der Waals surface area (Å²) in [7, 11) is 1.34. The Morgan fingerprint density at radius 1 is 1.06 bits per heavy atom. The predicted octanol–water partition coefficient (Wildman–Crippen LogP) is 3.81. The average Bonchev–Trinajstić information content (AvgIpc) is 3.24. The molecule has 0 bridgehead atoms. The largest absolute Gasteiger partial charge is 0.469 e. The van der Waals surface area contributed by atoms with E-state index in [4.69, 9.17) is 9.47 Å². The maximum Gasteiger partial charge on any atom is 0.341 e. The number of hydrogen-bond acceptors (Lipinski definition) is 6. The Morgan fingerprint density at radius 2 is 1.74 bits per heavy atom. The van der Waals surface area contributed by atoms with Gasteiger partial charge in [0, 0.05) is 18.7 Å². The van der Waals surface area contributed by atoms with Crippen LogP contribution < -0.4 is 0 Å². The van der Waals surface area contributed by atoms with Crippen molar-refractivity contribution in [3.63, 3.8) is 0 Å². The molecule has 0 aliphatic heterocycles. The quantitative estimate of drug-likeness (QED) is 0.448. The van der Waals surface area contributed by atoms with Crippen molar-refractivity contribution < 1.29 is 23.9 Å². The number of amides is 1. The van der Waals surface area contributed by atoms with Gasteiger partial charge in [0.15, 0.2) is 0 Å². The number of benzene rings is 2. The fraction of sp³-hybridized carbons (Fsp3) is 0.308. The first-order valence-corrected chi connectivity index (χ1v) is 11.1. The number of nitrogens with zero attached hydrogens (tertiary/aromatic N) is 3. The molecule has 0 radical (unpaired) electrons. The highest BCUT2D eigenvalue weighted by molar-refractivity contribution is 5.94. The lowest BCUT2D eigenvalue weighted by molar-refractivity contribution is -0.145. The Hall–Kier alpha value is -3.94. The minimum absolute atomic E-state index is 0.199. The molecule has 34 heavy (non-hydrogen) atoms. The van der Waals surface area contributed by atoms with E-state index in [1.165, 1.54) is 13.3 Å². The molecule has 0 aliphatic rings. The Morgan fingerprint density at radius 3 is 2.35 bits per heavy atom. The van der Waals surface area contributed by atoms with Crippen LogP contribution in [0.5, 0.6) is 0 Å². The predicted molar refractivity (Wildman–Crippen MR) is 127 cm³/mol. The summed E-state index contributed by atoms with van der Waals surface area (Å²) in [5.41, 5.74) is 3.19. The fourth-order valence-corrected chi connectivity index (χ4v) is 3.64. The molecule has 8 nitrogen and oxygen atoms in total. The molecule has 0 saturated heterocycles. The first-order chi connectivity index (χ1) is 16.3. The standard InChI is InChI=1S/C26H29N3O5/c1-5-34-26(32)23-15-27-29(19(23)3)22-13-11-21(12-14-22)24(30)28(16-18(2)25(31)33-4)17-20-9-7-6-8-10-20/h6-15,18H,5,16-17H2,1-4H3/t18-/m1/s1. The third kappa shape index (κ3) is 5.70. The average molecular weight is 464 g/mol. The van der Waals surface area contributed by atoms with E-state index >= 15 is 0 Å². The zero-order valence-corrected chi connectivity index (χ0v) is 19.9. The van der Waals surface area contributed by atoms with Gasteiger partial charge >= 0.3 is 11.9 Å². The van der Waals surface area contributed by atoms with Crippen LogP contribution in [0.3, 0.4) is 0 Å². The highest BCUT2D eigenvalue weighted by Crippen LogP contribution is 2.18.